The molecule has 1 atom stereocenters. The average molecular weight is 370 g/mol. The summed E-state index contributed by atoms with van der Waals surface area (Å²) in [5, 5.41) is 6.61. The zero-order valence-corrected chi connectivity index (χ0v) is 16.4. The van der Waals surface area contributed by atoms with Crippen LogP contribution in [0.5, 0.6) is 0 Å². The number of rotatable bonds is 5. The molecule has 0 radical (unpaired) electrons. The molecular formula is C21H30N4O2. The lowest BCUT2D eigenvalue weighted by Gasteiger charge is -2.26. The number of imide groups is 1. The van der Waals surface area contributed by atoms with Crippen molar-refractivity contribution in [1.29, 1.82) is 0 Å². The number of aryl methyl sites for hydroxylation is 2. The number of carbonyl (C=O) groups excluding carboxylic acids is 2. The van der Waals surface area contributed by atoms with Gasteiger partial charge in [0.25, 0.3) is 0 Å². The minimum Gasteiger partial charge on any atom is -0.355 e. The van der Waals surface area contributed by atoms with Gasteiger partial charge < -0.3 is 10.6 Å². The fourth-order valence-electron chi connectivity index (χ4n) is 3.84. The van der Waals surface area contributed by atoms with E-state index < -0.39 is 0 Å². The largest absolute Gasteiger partial charge is 0.355 e. The van der Waals surface area contributed by atoms with Gasteiger partial charge in [0, 0.05) is 33.0 Å². The van der Waals surface area contributed by atoms with Gasteiger partial charge in [0.15, 0.2) is 5.96 Å². The van der Waals surface area contributed by atoms with Crippen molar-refractivity contribution in [2.24, 2.45) is 4.99 Å². The first-order valence-corrected chi connectivity index (χ1v) is 10.0. The number of aliphatic imine (C=N–C) groups is 1. The van der Waals surface area contributed by atoms with Crippen LogP contribution in [0.25, 0.3) is 0 Å². The van der Waals surface area contributed by atoms with E-state index in [1.54, 1.807) is 7.05 Å². The molecule has 1 aliphatic heterocycles. The smallest absolute Gasteiger partial charge is 0.229 e. The van der Waals surface area contributed by atoms with Crippen molar-refractivity contribution in [3.05, 3.63) is 34.9 Å². The summed E-state index contributed by atoms with van der Waals surface area (Å²) in [6.07, 6.45) is 6.52. The van der Waals surface area contributed by atoms with E-state index in [9.17, 15) is 9.59 Å². The molecule has 3 rings (SSSR count). The van der Waals surface area contributed by atoms with Gasteiger partial charge in [-0.1, -0.05) is 18.2 Å². The summed E-state index contributed by atoms with van der Waals surface area (Å²) in [6, 6.07) is 6.89. The number of hydrogen-bond donors (Lipinski definition) is 2. The number of guanidine groups is 1. The molecule has 1 unspecified atom stereocenters. The predicted molar refractivity (Wildman–Crippen MR) is 107 cm³/mol. The van der Waals surface area contributed by atoms with Gasteiger partial charge in [-0.15, -0.1) is 0 Å². The summed E-state index contributed by atoms with van der Waals surface area (Å²) in [7, 11) is 1.73. The zero-order valence-electron chi connectivity index (χ0n) is 16.4. The van der Waals surface area contributed by atoms with Gasteiger partial charge >= 0.3 is 0 Å². The Hall–Kier alpha value is -2.37. The third kappa shape index (κ3) is 4.87. The highest BCUT2D eigenvalue weighted by Crippen LogP contribution is 2.24. The molecule has 1 saturated heterocycles. The van der Waals surface area contributed by atoms with E-state index in [2.05, 4.69) is 40.7 Å². The first-order chi connectivity index (χ1) is 13.1. The minimum atomic E-state index is -0.0709. The summed E-state index contributed by atoms with van der Waals surface area (Å²) >= 11 is 0. The molecule has 0 bridgehead atoms. The van der Waals surface area contributed by atoms with Crippen LogP contribution in [-0.4, -0.2) is 42.8 Å². The van der Waals surface area contributed by atoms with Gasteiger partial charge in [0.05, 0.1) is 6.04 Å². The molecule has 2 N–H and O–H groups in total. The zero-order chi connectivity index (χ0) is 19.2. The summed E-state index contributed by atoms with van der Waals surface area (Å²) in [5.74, 6) is 0.536. The summed E-state index contributed by atoms with van der Waals surface area (Å²) in [4.78, 5) is 29.3. The maximum absolute atomic E-state index is 11.9. The number of benzene rings is 1. The quantitative estimate of drug-likeness (QED) is 0.474. The van der Waals surface area contributed by atoms with E-state index in [1.807, 2.05) is 0 Å². The molecule has 6 nitrogen and oxygen atoms in total. The topological polar surface area (TPSA) is 73.8 Å². The highest BCUT2D eigenvalue weighted by Gasteiger charge is 2.25. The molecular weight excluding hydrogens is 340 g/mol. The second kappa shape index (κ2) is 9.02. The lowest BCUT2D eigenvalue weighted by atomic mass is 9.89. The van der Waals surface area contributed by atoms with Crippen LogP contribution in [0.15, 0.2) is 23.2 Å². The molecule has 146 valence electrons. The lowest BCUT2D eigenvalue weighted by molar-refractivity contribution is -0.147. The van der Waals surface area contributed by atoms with E-state index in [0.29, 0.717) is 38.3 Å². The monoisotopic (exact) mass is 370 g/mol. The van der Waals surface area contributed by atoms with Gasteiger partial charge in [-0.25, -0.2) is 0 Å². The van der Waals surface area contributed by atoms with E-state index in [1.165, 1.54) is 47.3 Å². The Morgan fingerprint density at radius 2 is 1.78 bits per heavy atom. The molecule has 0 spiro atoms. The second-order valence-electron chi connectivity index (χ2n) is 7.39. The normalized spacial score (nSPS) is 18.9. The number of fused-ring (bicyclic) bond motifs is 1. The van der Waals surface area contributed by atoms with Crippen LogP contribution in [-0.2, 0) is 22.4 Å². The van der Waals surface area contributed by atoms with Gasteiger partial charge in [0.1, 0.15) is 0 Å². The fraction of sp³-hybridized carbons (Fsp3) is 0.571. The molecule has 6 heteroatoms. The predicted octanol–water partition coefficient (Wildman–Crippen LogP) is 2.33. The Morgan fingerprint density at radius 3 is 2.48 bits per heavy atom. The Kier molecular flexibility index (Phi) is 6.48. The molecule has 1 fully saturated rings. The number of likely N-dealkylation sites (tertiary alicyclic amines) is 1. The van der Waals surface area contributed by atoms with Gasteiger partial charge in [0.2, 0.25) is 11.8 Å². The van der Waals surface area contributed by atoms with Crippen molar-refractivity contribution < 1.29 is 9.59 Å². The SMILES string of the molecule is CN=C(NCCN1C(=O)CCCC1=O)NC(C)c1ccc2c(c1)CCCC2. The molecule has 27 heavy (non-hydrogen) atoms. The van der Waals surface area contributed by atoms with Crippen molar-refractivity contribution in [2.45, 2.75) is 57.9 Å². The minimum absolute atomic E-state index is 0.0709. The van der Waals surface area contributed by atoms with Crippen LogP contribution in [0, 0.1) is 0 Å². The molecule has 1 heterocycles. The van der Waals surface area contributed by atoms with Crippen molar-refractivity contribution in [2.75, 3.05) is 20.1 Å². The number of hydrogen-bond acceptors (Lipinski definition) is 3. The molecule has 1 aliphatic carbocycles. The second-order valence-corrected chi connectivity index (χ2v) is 7.39. The van der Waals surface area contributed by atoms with E-state index in [0.717, 1.165) is 0 Å². The Bertz CT molecular complexity index is 713. The molecule has 2 amide bonds. The third-order valence-corrected chi connectivity index (χ3v) is 5.46. The average Bonchev–Trinajstić information content (AvgIpc) is 2.68. The first-order valence-electron chi connectivity index (χ1n) is 10.0. The Balaban J connectivity index is 1.52. The van der Waals surface area contributed by atoms with E-state index in [4.69, 9.17) is 0 Å². The Morgan fingerprint density at radius 1 is 1.07 bits per heavy atom. The maximum Gasteiger partial charge on any atom is 0.229 e. The number of nitrogens with zero attached hydrogens (tertiary/aromatic N) is 2. The molecule has 1 aromatic rings. The number of amides is 2. The van der Waals surface area contributed by atoms with Crippen LogP contribution in [0.4, 0.5) is 0 Å². The van der Waals surface area contributed by atoms with Crippen molar-refractivity contribution >= 4 is 17.8 Å². The van der Waals surface area contributed by atoms with Crippen molar-refractivity contribution in [3.63, 3.8) is 0 Å². The van der Waals surface area contributed by atoms with Crippen LogP contribution < -0.4 is 10.6 Å². The summed E-state index contributed by atoms with van der Waals surface area (Å²) in [6.45, 7) is 2.99. The van der Waals surface area contributed by atoms with Crippen molar-refractivity contribution in [1.82, 2.24) is 15.5 Å². The lowest BCUT2D eigenvalue weighted by Crippen LogP contribution is -2.46. The van der Waals surface area contributed by atoms with Gasteiger partial charge in [-0.2, -0.15) is 0 Å². The number of carbonyl (C=O) groups is 2. The standard InChI is InChI=1S/C21H30N4O2/c1-15(17-11-10-16-6-3-4-7-18(16)14-17)24-21(22-2)23-12-13-25-19(26)8-5-9-20(25)27/h10-11,14-15H,3-9,12-13H2,1-2H3,(H2,22,23,24). The van der Waals surface area contributed by atoms with E-state index in [-0.39, 0.29) is 17.9 Å². The first kappa shape index (κ1) is 19.4. The van der Waals surface area contributed by atoms with Gasteiger partial charge in [-0.05, 0) is 55.7 Å². The van der Waals surface area contributed by atoms with Gasteiger partial charge in [-0.3, -0.25) is 19.5 Å². The summed E-state index contributed by atoms with van der Waals surface area (Å²) in [5.41, 5.74) is 4.20. The number of piperidine rings is 1. The molecule has 2 aliphatic rings. The highest BCUT2D eigenvalue weighted by atomic mass is 16.2. The highest BCUT2D eigenvalue weighted by molar-refractivity contribution is 5.97. The summed E-state index contributed by atoms with van der Waals surface area (Å²) < 4.78 is 0. The molecule has 1 aromatic carbocycles. The fourth-order valence-corrected chi connectivity index (χ4v) is 3.84. The Labute approximate surface area is 161 Å². The van der Waals surface area contributed by atoms with Crippen LogP contribution in [0.1, 0.15) is 61.8 Å². The molecule has 0 aromatic heterocycles. The van der Waals surface area contributed by atoms with Crippen LogP contribution in [0.3, 0.4) is 0 Å². The van der Waals surface area contributed by atoms with Crippen molar-refractivity contribution in [3.8, 4) is 0 Å². The van der Waals surface area contributed by atoms with Crippen LogP contribution >= 0.6 is 0 Å². The van der Waals surface area contributed by atoms with Crippen LogP contribution in [0.2, 0.25) is 0 Å². The maximum atomic E-state index is 11.9. The molecule has 0 saturated carbocycles. The number of nitrogens with one attached hydrogen (secondary N) is 2. The van der Waals surface area contributed by atoms with E-state index >= 15 is 0 Å². The third-order valence-electron chi connectivity index (χ3n) is 5.46.